The van der Waals surface area contributed by atoms with Crippen molar-refractivity contribution in [2.45, 2.75) is 19.9 Å². The SMILES string of the molecule is CCn1c(=O)c(N2CCN(C(=O)Cc3ccc(OC)cc3Cl)CC2)nc2ccncc21. The number of hydrogen-bond acceptors (Lipinski definition) is 6. The number of carbonyl (C=O) groups is 1. The Labute approximate surface area is 185 Å². The Morgan fingerprint density at radius 2 is 1.97 bits per heavy atom. The van der Waals surface area contributed by atoms with E-state index in [4.69, 9.17) is 16.3 Å². The first kappa shape index (κ1) is 21.1. The number of amides is 1. The summed E-state index contributed by atoms with van der Waals surface area (Å²) in [5.41, 5.74) is 2.10. The van der Waals surface area contributed by atoms with Crippen LogP contribution in [0.15, 0.2) is 41.5 Å². The molecule has 0 radical (unpaired) electrons. The van der Waals surface area contributed by atoms with E-state index < -0.39 is 0 Å². The maximum atomic E-state index is 13.0. The number of halogens is 1. The van der Waals surface area contributed by atoms with E-state index in [0.717, 1.165) is 16.6 Å². The lowest BCUT2D eigenvalue weighted by molar-refractivity contribution is -0.130. The summed E-state index contributed by atoms with van der Waals surface area (Å²) in [4.78, 5) is 38.2. The van der Waals surface area contributed by atoms with Crippen LogP contribution < -0.4 is 15.2 Å². The zero-order valence-corrected chi connectivity index (χ0v) is 18.3. The highest BCUT2D eigenvalue weighted by Gasteiger charge is 2.25. The predicted octanol–water partition coefficient (Wildman–Crippen LogP) is 2.36. The highest BCUT2D eigenvalue weighted by atomic mass is 35.5. The van der Waals surface area contributed by atoms with Crippen LogP contribution in [0.5, 0.6) is 5.75 Å². The van der Waals surface area contributed by atoms with Crippen molar-refractivity contribution in [1.82, 2.24) is 19.4 Å². The molecule has 8 nitrogen and oxygen atoms in total. The summed E-state index contributed by atoms with van der Waals surface area (Å²) in [6, 6.07) is 7.13. The number of carbonyl (C=O) groups excluding carboxylic acids is 1. The van der Waals surface area contributed by atoms with E-state index >= 15 is 0 Å². The number of nitrogens with zero attached hydrogens (tertiary/aromatic N) is 5. The molecule has 1 amide bonds. The molecule has 3 aromatic rings. The third-order valence-electron chi connectivity index (χ3n) is 5.58. The Morgan fingerprint density at radius 3 is 2.65 bits per heavy atom. The molecule has 1 aromatic carbocycles. The zero-order chi connectivity index (χ0) is 22.0. The van der Waals surface area contributed by atoms with Crippen LogP contribution in [0.1, 0.15) is 12.5 Å². The summed E-state index contributed by atoms with van der Waals surface area (Å²) in [5.74, 6) is 1.09. The number of benzene rings is 1. The van der Waals surface area contributed by atoms with Gasteiger partial charge in [0.1, 0.15) is 5.75 Å². The molecule has 1 aliphatic rings. The summed E-state index contributed by atoms with van der Waals surface area (Å²) in [6.07, 6.45) is 3.56. The fraction of sp³-hybridized carbons (Fsp3) is 0.364. The van der Waals surface area contributed by atoms with Gasteiger partial charge in [-0.1, -0.05) is 17.7 Å². The van der Waals surface area contributed by atoms with Gasteiger partial charge in [-0.05, 0) is 30.7 Å². The van der Waals surface area contributed by atoms with E-state index in [9.17, 15) is 9.59 Å². The van der Waals surface area contributed by atoms with Gasteiger partial charge in [-0.3, -0.25) is 14.6 Å². The third-order valence-corrected chi connectivity index (χ3v) is 5.93. The highest BCUT2D eigenvalue weighted by Crippen LogP contribution is 2.23. The van der Waals surface area contributed by atoms with Crippen LogP contribution in [0.3, 0.4) is 0 Å². The second kappa shape index (κ2) is 8.93. The van der Waals surface area contributed by atoms with E-state index in [-0.39, 0.29) is 17.9 Å². The van der Waals surface area contributed by atoms with Crippen molar-refractivity contribution in [2.75, 3.05) is 38.2 Å². The first-order valence-corrected chi connectivity index (χ1v) is 10.6. The van der Waals surface area contributed by atoms with E-state index in [2.05, 4.69) is 9.97 Å². The average molecular weight is 442 g/mol. The van der Waals surface area contributed by atoms with Crippen molar-refractivity contribution in [3.05, 3.63) is 57.6 Å². The quantitative estimate of drug-likeness (QED) is 0.604. The van der Waals surface area contributed by atoms with Crippen molar-refractivity contribution in [1.29, 1.82) is 0 Å². The van der Waals surface area contributed by atoms with Crippen LogP contribution in [0.4, 0.5) is 5.82 Å². The molecule has 162 valence electrons. The number of hydrogen-bond donors (Lipinski definition) is 0. The molecule has 0 saturated carbocycles. The summed E-state index contributed by atoms with van der Waals surface area (Å²) < 4.78 is 6.84. The number of aromatic nitrogens is 3. The van der Waals surface area contributed by atoms with Crippen LogP contribution in [0.25, 0.3) is 11.0 Å². The molecule has 3 heterocycles. The van der Waals surface area contributed by atoms with E-state index in [0.29, 0.717) is 49.3 Å². The van der Waals surface area contributed by atoms with Crippen molar-refractivity contribution in [2.24, 2.45) is 0 Å². The molecule has 1 fully saturated rings. The Bertz CT molecular complexity index is 1170. The lowest BCUT2D eigenvalue weighted by Crippen LogP contribution is -2.51. The second-order valence-corrected chi connectivity index (χ2v) is 7.76. The van der Waals surface area contributed by atoms with Crippen LogP contribution in [-0.2, 0) is 17.8 Å². The first-order chi connectivity index (χ1) is 15.0. The van der Waals surface area contributed by atoms with Crippen molar-refractivity contribution in [3.8, 4) is 5.75 Å². The lowest BCUT2D eigenvalue weighted by Gasteiger charge is -2.35. The molecule has 0 aliphatic carbocycles. The maximum Gasteiger partial charge on any atom is 0.294 e. The summed E-state index contributed by atoms with van der Waals surface area (Å²) in [5, 5.41) is 0.515. The lowest BCUT2D eigenvalue weighted by atomic mass is 10.1. The monoisotopic (exact) mass is 441 g/mol. The van der Waals surface area contributed by atoms with Crippen molar-refractivity contribution >= 4 is 34.4 Å². The Kier molecular flexibility index (Phi) is 6.08. The van der Waals surface area contributed by atoms with Gasteiger partial charge in [0.2, 0.25) is 5.91 Å². The van der Waals surface area contributed by atoms with Crippen LogP contribution >= 0.6 is 11.6 Å². The summed E-state index contributed by atoms with van der Waals surface area (Å²) in [6.45, 7) is 4.61. The van der Waals surface area contributed by atoms with Gasteiger partial charge in [0, 0.05) is 43.9 Å². The number of pyridine rings is 1. The molecular formula is C22H24ClN5O3. The fourth-order valence-electron chi connectivity index (χ4n) is 3.83. The molecule has 0 bridgehead atoms. The molecular weight excluding hydrogens is 418 g/mol. The normalized spacial score (nSPS) is 14.2. The molecule has 4 rings (SSSR count). The van der Waals surface area contributed by atoms with Gasteiger partial charge in [0.25, 0.3) is 5.56 Å². The second-order valence-electron chi connectivity index (χ2n) is 7.35. The summed E-state index contributed by atoms with van der Waals surface area (Å²) in [7, 11) is 1.58. The van der Waals surface area contributed by atoms with Gasteiger partial charge >= 0.3 is 0 Å². The van der Waals surface area contributed by atoms with Gasteiger partial charge in [-0.25, -0.2) is 4.98 Å². The molecule has 1 aliphatic heterocycles. The zero-order valence-electron chi connectivity index (χ0n) is 17.5. The molecule has 0 N–H and O–H groups in total. The highest BCUT2D eigenvalue weighted by molar-refractivity contribution is 6.31. The number of ether oxygens (including phenoxy) is 1. The Balaban J connectivity index is 1.47. The van der Waals surface area contributed by atoms with Gasteiger partial charge in [-0.15, -0.1) is 0 Å². The molecule has 1 saturated heterocycles. The van der Waals surface area contributed by atoms with Crippen LogP contribution in [-0.4, -0.2) is 58.6 Å². The fourth-order valence-corrected chi connectivity index (χ4v) is 4.07. The number of piperazine rings is 1. The minimum absolute atomic E-state index is 0.00947. The molecule has 2 aromatic heterocycles. The maximum absolute atomic E-state index is 13.0. The average Bonchev–Trinajstić information content (AvgIpc) is 2.80. The van der Waals surface area contributed by atoms with Crippen molar-refractivity contribution < 1.29 is 9.53 Å². The molecule has 0 spiro atoms. The van der Waals surface area contributed by atoms with E-state index in [1.165, 1.54) is 0 Å². The third kappa shape index (κ3) is 4.20. The molecule has 0 unspecified atom stereocenters. The first-order valence-electron chi connectivity index (χ1n) is 10.2. The number of aryl methyl sites for hydroxylation is 1. The Hall–Kier alpha value is -3.13. The Morgan fingerprint density at radius 1 is 1.19 bits per heavy atom. The van der Waals surface area contributed by atoms with Gasteiger partial charge < -0.3 is 19.1 Å². The van der Waals surface area contributed by atoms with Crippen LogP contribution in [0, 0.1) is 0 Å². The standard InChI is InChI=1S/C22H24ClN5O3/c1-3-28-19-14-24-7-6-18(19)25-21(22(28)30)27-10-8-26(9-11-27)20(29)12-15-4-5-16(31-2)13-17(15)23/h4-7,13-14H,3,8-12H2,1-2H3. The smallest absolute Gasteiger partial charge is 0.294 e. The van der Waals surface area contributed by atoms with E-state index in [1.807, 2.05) is 24.0 Å². The molecule has 0 atom stereocenters. The predicted molar refractivity (Wildman–Crippen MR) is 120 cm³/mol. The summed E-state index contributed by atoms with van der Waals surface area (Å²) >= 11 is 6.28. The molecule has 31 heavy (non-hydrogen) atoms. The van der Waals surface area contributed by atoms with Crippen LogP contribution in [0.2, 0.25) is 5.02 Å². The topological polar surface area (TPSA) is 80.6 Å². The van der Waals surface area contributed by atoms with E-state index in [1.54, 1.807) is 41.1 Å². The van der Waals surface area contributed by atoms with Crippen molar-refractivity contribution in [3.63, 3.8) is 0 Å². The minimum atomic E-state index is -0.132. The van der Waals surface area contributed by atoms with Gasteiger partial charge in [0.05, 0.1) is 30.8 Å². The largest absolute Gasteiger partial charge is 0.497 e. The minimum Gasteiger partial charge on any atom is -0.497 e. The number of rotatable bonds is 5. The molecule has 9 heteroatoms. The van der Waals surface area contributed by atoms with Gasteiger partial charge in [0.15, 0.2) is 5.82 Å². The number of methoxy groups -OCH3 is 1. The number of anilines is 1. The number of fused-ring (bicyclic) bond motifs is 1. The van der Waals surface area contributed by atoms with Gasteiger partial charge in [-0.2, -0.15) is 0 Å².